The Morgan fingerprint density at radius 3 is 2.19 bits per heavy atom. The van der Waals surface area contributed by atoms with Crippen LogP contribution in [0.2, 0.25) is 0 Å². The smallest absolute Gasteiger partial charge is 0.133 e. The number of halogens is 2. The maximum atomic E-state index is 5.69. The van der Waals surface area contributed by atoms with E-state index in [2.05, 4.69) is 46.8 Å². The molecule has 0 heterocycles. The summed E-state index contributed by atoms with van der Waals surface area (Å²) >= 11 is 3.63. The summed E-state index contributed by atoms with van der Waals surface area (Å²) in [5.41, 5.74) is 2.96. The third-order valence-electron chi connectivity index (χ3n) is 4.00. The fourth-order valence-corrected chi connectivity index (χ4v) is 3.68. The van der Waals surface area contributed by atoms with Crippen molar-refractivity contribution in [2.24, 2.45) is 0 Å². The lowest BCUT2D eigenvalue weighted by Gasteiger charge is -2.27. The van der Waals surface area contributed by atoms with Gasteiger partial charge in [-0.25, -0.2) is 0 Å². The van der Waals surface area contributed by atoms with E-state index in [1.807, 2.05) is 6.92 Å². The van der Waals surface area contributed by atoms with Gasteiger partial charge in [0, 0.05) is 6.04 Å². The highest BCUT2D eigenvalue weighted by Gasteiger charge is 2.27. The van der Waals surface area contributed by atoms with E-state index >= 15 is 0 Å². The third-order valence-corrected chi connectivity index (χ3v) is 4.62. The van der Waals surface area contributed by atoms with Crippen LogP contribution in [0.15, 0.2) is 16.6 Å². The van der Waals surface area contributed by atoms with E-state index in [-0.39, 0.29) is 12.4 Å². The van der Waals surface area contributed by atoms with Crippen LogP contribution in [-0.4, -0.2) is 30.6 Å². The quantitative estimate of drug-likeness (QED) is 0.674. The van der Waals surface area contributed by atoms with Gasteiger partial charge in [-0.2, -0.15) is 0 Å². The van der Waals surface area contributed by atoms with E-state index in [0.29, 0.717) is 6.04 Å². The molecule has 0 bridgehead atoms. The molecule has 0 fully saturated rings. The van der Waals surface area contributed by atoms with Gasteiger partial charge >= 0.3 is 0 Å². The number of rotatable bonds is 7. The molecule has 0 aromatic heterocycles. The highest BCUT2D eigenvalue weighted by Crippen LogP contribution is 2.34. The summed E-state index contributed by atoms with van der Waals surface area (Å²) in [5.74, 6) is 0.990. The minimum absolute atomic E-state index is 0. The Labute approximate surface area is 143 Å². The topological polar surface area (TPSA) is 12.5 Å². The summed E-state index contributed by atoms with van der Waals surface area (Å²) in [6, 6.07) is 5.17. The van der Waals surface area contributed by atoms with Gasteiger partial charge in [0.2, 0.25) is 0 Å². The van der Waals surface area contributed by atoms with Crippen molar-refractivity contribution < 1.29 is 4.74 Å². The average Bonchev–Trinajstić information content (AvgIpc) is 2.82. The van der Waals surface area contributed by atoms with Crippen LogP contribution in [0, 0.1) is 0 Å². The van der Waals surface area contributed by atoms with Gasteiger partial charge in [-0.15, -0.1) is 12.4 Å². The SMILES string of the molecule is CCCN(CCC)[C@@H]1Cc2cc(Br)c(OCC)cc2C1.Cl. The van der Waals surface area contributed by atoms with E-state index in [1.54, 1.807) is 0 Å². The Balaban J connectivity index is 0.00000220. The van der Waals surface area contributed by atoms with Gasteiger partial charge in [-0.05, 0) is 84.9 Å². The van der Waals surface area contributed by atoms with Crippen LogP contribution >= 0.6 is 28.3 Å². The molecule has 0 saturated heterocycles. The molecule has 1 aliphatic rings. The summed E-state index contributed by atoms with van der Waals surface area (Å²) in [5, 5.41) is 0. The summed E-state index contributed by atoms with van der Waals surface area (Å²) in [6.07, 6.45) is 4.82. The summed E-state index contributed by atoms with van der Waals surface area (Å²) < 4.78 is 6.79. The summed E-state index contributed by atoms with van der Waals surface area (Å²) in [6.45, 7) is 9.73. The number of benzene rings is 1. The molecule has 0 unspecified atom stereocenters. The normalized spacial score (nSPS) is 16.7. The molecule has 0 radical (unpaired) electrons. The number of fused-ring (bicyclic) bond motifs is 1. The van der Waals surface area contributed by atoms with Crippen LogP contribution in [0.4, 0.5) is 0 Å². The molecule has 120 valence electrons. The van der Waals surface area contributed by atoms with Crippen molar-refractivity contribution in [2.45, 2.75) is 52.5 Å². The zero-order chi connectivity index (χ0) is 14.5. The van der Waals surface area contributed by atoms with Crippen molar-refractivity contribution >= 4 is 28.3 Å². The first-order valence-electron chi connectivity index (χ1n) is 7.87. The first kappa shape index (κ1) is 18.8. The predicted octanol–water partition coefficient (Wildman–Crippen LogP) is 4.86. The summed E-state index contributed by atoms with van der Waals surface area (Å²) in [7, 11) is 0. The Bertz CT molecular complexity index is 447. The van der Waals surface area contributed by atoms with Gasteiger partial charge in [0.15, 0.2) is 0 Å². The molecular weight excluding hydrogens is 350 g/mol. The second kappa shape index (κ2) is 9.02. The van der Waals surface area contributed by atoms with Gasteiger partial charge in [0.05, 0.1) is 11.1 Å². The second-order valence-corrected chi connectivity index (χ2v) is 6.44. The van der Waals surface area contributed by atoms with Crippen LogP contribution in [0.25, 0.3) is 0 Å². The predicted molar refractivity (Wildman–Crippen MR) is 95.9 cm³/mol. The molecule has 0 amide bonds. The van der Waals surface area contributed by atoms with Crippen LogP contribution < -0.4 is 4.74 Å². The van der Waals surface area contributed by atoms with Gasteiger partial charge in [-0.3, -0.25) is 4.90 Å². The van der Waals surface area contributed by atoms with E-state index in [9.17, 15) is 0 Å². The van der Waals surface area contributed by atoms with Crippen LogP contribution in [0.1, 0.15) is 44.7 Å². The third kappa shape index (κ3) is 4.61. The Kier molecular flexibility index (Phi) is 8.07. The van der Waals surface area contributed by atoms with Crippen molar-refractivity contribution in [1.82, 2.24) is 4.90 Å². The van der Waals surface area contributed by atoms with E-state index in [4.69, 9.17) is 4.74 Å². The van der Waals surface area contributed by atoms with Crippen LogP contribution in [-0.2, 0) is 12.8 Å². The average molecular weight is 377 g/mol. The van der Waals surface area contributed by atoms with Gasteiger partial charge in [0.1, 0.15) is 5.75 Å². The maximum absolute atomic E-state index is 5.69. The zero-order valence-electron chi connectivity index (χ0n) is 13.3. The Hall–Kier alpha value is -0.250. The Morgan fingerprint density at radius 2 is 1.67 bits per heavy atom. The molecule has 2 nitrogen and oxygen atoms in total. The number of nitrogens with zero attached hydrogens (tertiary/aromatic N) is 1. The molecule has 0 aliphatic heterocycles. The summed E-state index contributed by atoms with van der Waals surface area (Å²) in [4.78, 5) is 2.66. The van der Waals surface area contributed by atoms with Gasteiger partial charge < -0.3 is 4.74 Å². The molecular formula is C17H27BrClNO. The fourth-order valence-electron chi connectivity index (χ4n) is 3.17. The highest BCUT2D eigenvalue weighted by molar-refractivity contribution is 9.10. The van der Waals surface area contributed by atoms with E-state index in [0.717, 1.165) is 16.8 Å². The Morgan fingerprint density at radius 1 is 1.10 bits per heavy atom. The fraction of sp³-hybridized carbons (Fsp3) is 0.647. The monoisotopic (exact) mass is 375 g/mol. The van der Waals surface area contributed by atoms with Gasteiger partial charge in [-0.1, -0.05) is 13.8 Å². The minimum atomic E-state index is 0. The second-order valence-electron chi connectivity index (χ2n) is 5.58. The van der Waals surface area contributed by atoms with E-state index in [1.165, 1.54) is 49.9 Å². The molecule has 1 aliphatic carbocycles. The molecule has 4 heteroatoms. The number of ether oxygens (including phenoxy) is 1. The van der Waals surface area contributed by atoms with Gasteiger partial charge in [0.25, 0.3) is 0 Å². The van der Waals surface area contributed by atoms with E-state index < -0.39 is 0 Å². The van der Waals surface area contributed by atoms with Crippen molar-refractivity contribution in [2.75, 3.05) is 19.7 Å². The van der Waals surface area contributed by atoms with Crippen molar-refractivity contribution in [3.05, 3.63) is 27.7 Å². The largest absolute Gasteiger partial charge is 0.493 e. The standard InChI is InChI=1S/C17H26BrNO.ClH/c1-4-7-19(8-5-2)15-9-13-11-16(18)17(20-6-3)12-14(13)10-15;/h11-12,15H,4-10H2,1-3H3;1H/t15-;/m1./s1. The maximum Gasteiger partial charge on any atom is 0.133 e. The molecule has 1 aromatic carbocycles. The minimum Gasteiger partial charge on any atom is -0.493 e. The lowest BCUT2D eigenvalue weighted by Crippen LogP contribution is -2.37. The first-order chi connectivity index (χ1) is 9.69. The zero-order valence-corrected chi connectivity index (χ0v) is 15.7. The molecule has 21 heavy (non-hydrogen) atoms. The number of hydrogen-bond donors (Lipinski definition) is 0. The van der Waals surface area contributed by atoms with Crippen molar-refractivity contribution in [3.63, 3.8) is 0 Å². The highest BCUT2D eigenvalue weighted by atomic mass is 79.9. The molecule has 0 N–H and O–H groups in total. The molecule has 1 aromatic rings. The number of hydrogen-bond acceptors (Lipinski definition) is 2. The first-order valence-corrected chi connectivity index (χ1v) is 8.67. The lowest BCUT2D eigenvalue weighted by molar-refractivity contribution is 0.202. The molecule has 2 rings (SSSR count). The molecule has 1 atom stereocenters. The van der Waals surface area contributed by atoms with Crippen molar-refractivity contribution in [3.8, 4) is 5.75 Å². The van der Waals surface area contributed by atoms with Crippen LogP contribution in [0.3, 0.4) is 0 Å². The van der Waals surface area contributed by atoms with Crippen molar-refractivity contribution in [1.29, 1.82) is 0 Å². The lowest BCUT2D eigenvalue weighted by atomic mass is 10.1. The molecule has 0 spiro atoms. The molecule has 0 saturated carbocycles. The van der Waals surface area contributed by atoms with Crippen LogP contribution in [0.5, 0.6) is 5.75 Å².